The molecule has 19 heavy (non-hydrogen) atoms. The quantitative estimate of drug-likeness (QED) is 0.883. The Morgan fingerprint density at radius 3 is 2.79 bits per heavy atom. The van der Waals surface area contributed by atoms with Crippen molar-refractivity contribution in [1.29, 1.82) is 0 Å². The van der Waals surface area contributed by atoms with Gasteiger partial charge in [0.05, 0.1) is 17.9 Å². The van der Waals surface area contributed by atoms with Crippen molar-refractivity contribution in [2.45, 2.75) is 20.0 Å². The zero-order valence-electron chi connectivity index (χ0n) is 12.0. The van der Waals surface area contributed by atoms with Crippen molar-refractivity contribution in [1.82, 2.24) is 20.1 Å². The molecule has 0 saturated carbocycles. The first-order valence-electron chi connectivity index (χ1n) is 6.41. The van der Waals surface area contributed by atoms with Crippen LogP contribution < -0.4 is 10.2 Å². The van der Waals surface area contributed by atoms with Gasteiger partial charge in [-0.15, -0.1) is 0 Å². The Morgan fingerprint density at radius 2 is 2.16 bits per heavy atom. The highest BCUT2D eigenvalue weighted by atomic mass is 15.4. The van der Waals surface area contributed by atoms with E-state index in [2.05, 4.69) is 27.3 Å². The van der Waals surface area contributed by atoms with Crippen LogP contribution in [0.2, 0.25) is 0 Å². The SMILES string of the molecule is CNCc1c(C)nn(C)c1N(C)Cc1ccccn1. The Kier molecular flexibility index (Phi) is 4.16. The molecule has 5 heteroatoms. The van der Waals surface area contributed by atoms with Crippen LogP contribution in [0.3, 0.4) is 0 Å². The summed E-state index contributed by atoms with van der Waals surface area (Å²) in [5.41, 5.74) is 3.36. The number of hydrogen-bond donors (Lipinski definition) is 1. The molecule has 1 N–H and O–H groups in total. The van der Waals surface area contributed by atoms with E-state index in [9.17, 15) is 0 Å². The Morgan fingerprint density at radius 1 is 1.37 bits per heavy atom. The van der Waals surface area contributed by atoms with E-state index in [1.165, 1.54) is 5.56 Å². The lowest BCUT2D eigenvalue weighted by atomic mass is 10.2. The van der Waals surface area contributed by atoms with Crippen molar-refractivity contribution in [3.63, 3.8) is 0 Å². The number of nitrogens with one attached hydrogen (secondary N) is 1. The van der Waals surface area contributed by atoms with E-state index < -0.39 is 0 Å². The highest BCUT2D eigenvalue weighted by molar-refractivity contribution is 5.49. The van der Waals surface area contributed by atoms with E-state index in [1.807, 2.05) is 50.1 Å². The summed E-state index contributed by atoms with van der Waals surface area (Å²) in [6.45, 7) is 3.64. The second-order valence-corrected chi connectivity index (χ2v) is 4.72. The highest BCUT2D eigenvalue weighted by Crippen LogP contribution is 2.23. The van der Waals surface area contributed by atoms with Gasteiger partial charge in [-0.2, -0.15) is 5.10 Å². The molecule has 0 amide bonds. The summed E-state index contributed by atoms with van der Waals surface area (Å²) in [6.07, 6.45) is 1.83. The molecule has 0 aliphatic carbocycles. The first-order chi connectivity index (χ1) is 9.13. The van der Waals surface area contributed by atoms with Crippen molar-refractivity contribution in [3.8, 4) is 0 Å². The Labute approximate surface area is 114 Å². The summed E-state index contributed by atoms with van der Waals surface area (Å²) in [7, 11) is 6.01. The Hall–Kier alpha value is -1.88. The van der Waals surface area contributed by atoms with E-state index in [-0.39, 0.29) is 0 Å². The smallest absolute Gasteiger partial charge is 0.131 e. The molecule has 0 saturated heterocycles. The first kappa shape index (κ1) is 13.5. The summed E-state index contributed by atoms with van der Waals surface area (Å²) < 4.78 is 1.94. The monoisotopic (exact) mass is 259 g/mol. The number of hydrogen-bond acceptors (Lipinski definition) is 4. The van der Waals surface area contributed by atoms with Crippen LogP contribution in [0, 0.1) is 6.92 Å². The molecule has 2 aromatic rings. The van der Waals surface area contributed by atoms with Crippen LogP contribution in [-0.2, 0) is 20.1 Å². The Balaban J connectivity index is 2.25. The molecule has 102 valence electrons. The maximum atomic E-state index is 4.51. The molecule has 2 aromatic heterocycles. The van der Waals surface area contributed by atoms with Crippen LogP contribution in [0.1, 0.15) is 17.0 Å². The number of aromatic nitrogens is 3. The van der Waals surface area contributed by atoms with Crippen LogP contribution in [0.4, 0.5) is 5.82 Å². The maximum absolute atomic E-state index is 4.51. The molecule has 2 rings (SSSR count). The van der Waals surface area contributed by atoms with Crippen LogP contribution in [0.15, 0.2) is 24.4 Å². The van der Waals surface area contributed by atoms with Gasteiger partial charge in [0.15, 0.2) is 0 Å². The molecule has 0 radical (unpaired) electrons. The van der Waals surface area contributed by atoms with E-state index in [1.54, 1.807) is 0 Å². The lowest BCUT2D eigenvalue weighted by molar-refractivity contribution is 0.719. The minimum atomic E-state index is 0.774. The molecule has 0 bridgehead atoms. The fourth-order valence-electron chi connectivity index (χ4n) is 2.36. The van der Waals surface area contributed by atoms with Crippen molar-refractivity contribution in [3.05, 3.63) is 41.3 Å². The topological polar surface area (TPSA) is 46.0 Å². The largest absolute Gasteiger partial charge is 0.354 e. The fraction of sp³-hybridized carbons (Fsp3) is 0.429. The van der Waals surface area contributed by atoms with E-state index in [0.29, 0.717) is 0 Å². The molecule has 2 heterocycles. The summed E-state index contributed by atoms with van der Waals surface area (Å²) in [5, 5.41) is 7.71. The standard InChI is InChI=1S/C14H21N5/c1-11-13(9-15-2)14(19(4)17-11)18(3)10-12-7-5-6-8-16-12/h5-8,15H,9-10H2,1-4H3. The molecule has 0 aliphatic rings. The molecule has 0 unspecified atom stereocenters. The van der Waals surface area contributed by atoms with Gasteiger partial charge in [-0.05, 0) is 26.1 Å². The number of nitrogens with zero attached hydrogens (tertiary/aromatic N) is 4. The molecule has 0 aromatic carbocycles. The van der Waals surface area contributed by atoms with Gasteiger partial charge in [-0.25, -0.2) is 0 Å². The van der Waals surface area contributed by atoms with Crippen LogP contribution >= 0.6 is 0 Å². The third-order valence-corrected chi connectivity index (χ3v) is 3.15. The van der Waals surface area contributed by atoms with Crippen LogP contribution in [0.5, 0.6) is 0 Å². The number of aryl methyl sites for hydroxylation is 2. The maximum Gasteiger partial charge on any atom is 0.131 e. The number of anilines is 1. The minimum absolute atomic E-state index is 0.774. The van der Waals surface area contributed by atoms with Gasteiger partial charge in [-0.3, -0.25) is 9.67 Å². The summed E-state index contributed by atoms with van der Waals surface area (Å²) >= 11 is 0. The third kappa shape index (κ3) is 2.93. The van der Waals surface area contributed by atoms with Gasteiger partial charge < -0.3 is 10.2 Å². The summed E-state index contributed by atoms with van der Waals surface area (Å²) in [6, 6.07) is 5.99. The van der Waals surface area contributed by atoms with Gasteiger partial charge >= 0.3 is 0 Å². The first-order valence-corrected chi connectivity index (χ1v) is 6.41. The second-order valence-electron chi connectivity index (χ2n) is 4.72. The molecule has 0 spiro atoms. The van der Waals surface area contributed by atoms with Crippen LogP contribution in [0.25, 0.3) is 0 Å². The normalized spacial score (nSPS) is 10.7. The fourth-order valence-corrected chi connectivity index (χ4v) is 2.36. The van der Waals surface area contributed by atoms with Crippen molar-refractivity contribution in [2.75, 3.05) is 19.0 Å². The zero-order valence-corrected chi connectivity index (χ0v) is 12.0. The summed E-state index contributed by atoms with van der Waals surface area (Å²) in [4.78, 5) is 6.56. The number of pyridine rings is 1. The van der Waals surface area contributed by atoms with Gasteiger partial charge in [0, 0.05) is 32.4 Å². The minimum Gasteiger partial charge on any atom is -0.354 e. The lowest BCUT2D eigenvalue weighted by Gasteiger charge is -2.20. The second kappa shape index (κ2) is 5.84. The van der Waals surface area contributed by atoms with Gasteiger partial charge in [0.1, 0.15) is 5.82 Å². The molecular weight excluding hydrogens is 238 g/mol. The zero-order chi connectivity index (χ0) is 13.8. The molecule has 0 aliphatic heterocycles. The van der Waals surface area contributed by atoms with Gasteiger partial charge in [0.2, 0.25) is 0 Å². The number of rotatable bonds is 5. The highest BCUT2D eigenvalue weighted by Gasteiger charge is 2.16. The van der Waals surface area contributed by atoms with Gasteiger partial charge in [0.25, 0.3) is 0 Å². The molecular formula is C14H21N5. The predicted molar refractivity (Wildman–Crippen MR) is 77.1 cm³/mol. The van der Waals surface area contributed by atoms with Crippen molar-refractivity contribution in [2.24, 2.45) is 7.05 Å². The average Bonchev–Trinajstić information content (AvgIpc) is 2.66. The third-order valence-electron chi connectivity index (χ3n) is 3.15. The van der Waals surface area contributed by atoms with Crippen molar-refractivity contribution < 1.29 is 0 Å². The molecule has 0 atom stereocenters. The average molecular weight is 259 g/mol. The van der Waals surface area contributed by atoms with Crippen molar-refractivity contribution >= 4 is 5.82 Å². The molecule has 5 nitrogen and oxygen atoms in total. The van der Waals surface area contributed by atoms with E-state index in [0.717, 1.165) is 30.3 Å². The lowest BCUT2D eigenvalue weighted by Crippen LogP contribution is -2.22. The van der Waals surface area contributed by atoms with E-state index >= 15 is 0 Å². The Bertz CT molecular complexity index is 532. The predicted octanol–water partition coefficient (Wildman–Crippen LogP) is 1.48. The van der Waals surface area contributed by atoms with Crippen LogP contribution in [-0.4, -0.2) is 28.9 Å². The summed E-state index contributed by atoms with van der Waals surface area (Å²) in [5.74, 6) is 1.14. The molecule has 0 fully saturated rings. The van der Waals surface area contributed by atoms with E-state index in [4.69, 9.17) is 0 Å². The van der Waals surface area contributed by atoms with Gasteiger partial charge in [-0.1, -0.05) is 6.07 Å².